The zero-order chi connectivity index (χ0) is 18.1. The van der Waals surface area contributed by atoms with Gasteiger partial charge in [0.1, 0.15) is 5.76 Å². The number of thioether (sulfide) groups is 1. The van der Waals surface area contributed by atoms with E-state index in [1.165, 1.54) is 0 Å². The number of furan rings is 1. The maximum atomic E-state index is 12.8. The van der Waals surface area contributed by atoms with Gasteiger partial charge in [-0.15, -0.1) is 0 Å². The Kier molecular flexibility index (Phi) is 4.90. The van der Waals surface area contributed by atoms with Crippen molar-refractivity contribution in [3.8, 4) is 6.07 Å². The summed E-state index contributed by atoms with van der Waals surface area (Å²) in [5, 5.41) is 10.6. The van der Waals surface area contributed by atoms with E-state index < -0.39 is 0 Å². The molecule has 1 saturated heterocycles. The van der Waals surface area contributed by atoms with E-state index in [1.54, 1.807) is 22.9 Å². The first-order chi connectivity index (χ1) is 12.7. The van der Waals surface area contributed by atoms with Gasteiger partial charge < -0.3 is 4.42 Å². The van der Waals surface area contributed by atoms with Gasteiger partial charge in [0.05, 0.1) is 42.0 Å². The molecule has 5 nitrogen and oxygen atoms in total. The van der Waals surface area contributed by atoms with Crippen molar-refractivity contribution in [1.29, 1.82) is 5.26 Å². The molecule has 0 radical (unpaired) electrons. The number of carbonyl (C=O) groups is 1. The van der Waals surface area contributed by atoms with Crippen molar-refractivity contribution in [3.63, 3.8) is 0 Å². The maximum absolute atomic E-state index is 12.8. The van der Waals surface area contributed by atoms with Gasteiger partial charge in [-0.2, -0.15) is 5.26 Å². The summed E-state index contributed by atoms with van der Waals surface area (Å²) in [4.78, 5) is 16.7. The topological polar surface area (TPSA) is 60.5 Å². The third kappa shape index (κ3) is 3.32. The predicted molar refractivity (Wildman–Crippen MR) is 103 cm³/mol. The van der Waals surface area contributed by atoms with Gasteiger partial charge >= 0.3 is 0 Å². The minimum Gasteiger partial charge on any atom is -0.468 e. The van der Waals surface area contributed by atoms with Gasteiger partial charge in [0.2, 0.25) is 5.91 Å². The van der Waals surface area contributed by atoms with Crippen LogP contribution in [0.3, 0.4) is 0 Å². The Hall–Kier alpha value is -2.01. The van der Waals surface area contributed by atoms with Crippen LogP contribution >= 0.6 is 27.7 Å². The molecule has 3 heterocycles. The number of amides is 1. The number of nitriles is 1. The molecule has 1 fully saturated rings. The van der Waals surface area contributed by atoms with Crippen LogP contribution in [0.2, 0.25) is 0 Å². The number of allylic oxidation sites excluding steroid dienone is 1. The zero-order valence-corrected chi connectivity index (χ0v) is 16.3. The lowest BCUT2D eigenvalue weighted by atomic mass is 9.86. The Morgan fingerprint density at radius 2 is 2.23 bits per heavy atom. The van der Waals surface area contributed by atoms with Crippen molar-refractivity contribution in [1.82, 2.24) is 9.80 Å². The number of fused-ring (bicyclic) bond motifs is 1. The summed E-state index contributed by atoms with van der Waals surface area (Å²) in [6.07, 6.45) is 1.97. The summed E-state index contributed by atoms with van der Waals surface area (Å²) >= 11 is 5.03. The summed E-state index contributed by atoms with van der Waals surface area (Å²) < 4.78 is 6.36. The van der Waals surface area contributed by atoms with E-state index in [4.69, 9.17) is 4.42 Å². The second-order valence-corrected chi connectivity index (χ2v) is 8.14. The number of rotatable bonds is 3. The van der Waals surface area contributed by atoms with Crippen molar-refractivity contribution in [3.05, 3.63) is 69.1 Å². The number of hydrogen-bond donors (Lipinski definition) is 0. The molecule has 2 aliphatic heterocycles. The van der Waals surface area contributed by atoms with Crippen LogP contribution in [0.1, 0.15) is 23.7 Å². The molecule has 7 heteroatoms. The number of halogens is 1. The molecule has 0 spiro atoms. The van der Waals surface area contributed by atoms with Crippen molar-refractivity contribution < 1.29 is 9.21 Å². The fourth-order valence-electron chi connectivity index (χ4n) is 3.34. The number of nitrogens with zero attached hydrogens (tertiary/aromatic N) is 3. The standard InChI is InChI=1S/C19H16BrN3O2S/c20-14-4-1-3-13(7-14)16-8-18(24)23-11-22(10-15-5-2-6-25-15)12-26-19(23)17(16)9-21/h1-7,16H,8,10-12H2/t16-/m1/s1. The lowest BCUT2D eigenvalue weighted by molar-refractivity contribution is -0.132. The summed E-state index contributed by atoms with van der Waals surface area (Å²) in [6.45, 7) is 1.13. The molecule has 0 unspecified atom stereocenters. The van der Waals surface area contributed by atoms with Gasteiger partial charge in [-0.25, -0.2) is 0 Å². The van der Waals surface area contributed by atoms with E-state index in [-0.39, 0.29) is 11.8 Å². The molecule has 0 N–H and O–H groups in total. The van der Waals surface area contributed by atoms with Crippen molar-refractivity contribution >= 4 is 33.6 Å². The molecule has 132 valence electrons. The van der Waals surface area contributed by atoms with Crippen LogP contribution in [0.5, 0.6) is 0 Å². The highest BCUT2D eigenvalue weighted by atomic mass is 79.9. The lowest BCUT2D eigenvalue weighted by Gasteiger charge is -2.41. The third-order valence-corrected chi connectivity index (χ3v) is 6.26. The first kappa shape index (κ1) is 17.4. The van der Waals surface area contributed by atoms with Crippen LogP contribution in [-0.4, -0.2) is 28.3 Å². The molecule has 2 aliphatic rings. The number of carbonyl (C=O) groups excluding carboxylic acids is 1. The molecule has 1 aromatic carbocycles. The number of hydrogen-bond acceptors (Lipinski definition) is 5. The molecule has 0 bridgehead atoms. The summed E-state index contributed by atoms with van der Waals surface area (Å²) in [5.74, 6) is 1.46. The Bertz CT molecular complexity index is 904. The van der Waals surface area contributed by atoms with Crippen LogP contribution in [0.15, 0.2) is 62.2 Å². The Labute approximate surface area is 164 Å². The Morgan fingerprint density at radius 1 is 1.35 bits per heavy atom. The molecule has 2 aromatic rings. The summed E-state index contributed by atoms with van der Waals surface area (Å²) in [5.41, 5.74) is 1.68. The summed E-state index contributed by atoms with van der Waals surface area (Å²) in [6, 6.07) is 14.0. The molecule has 4 rings (SSSR count). The van der Waals surface area contributed by atoms with Crippen LogP contribution in [0.4, 0.5) is 0 Å². The largest absolute Gasteiger partial charge is 0.468 e. The third-order valence-electron chi connectivity index (χ3n) is 4.56. The highest BCUT2D eigenvalue weighted by molar-refractivity contribution is 9.10. The highest BCUT2D eigenvalue weighted by Gasteiger charge is 2.38. The molecular formula is C19H16BrN3O2S. The van der Waals surface area contributed by atoms with Crippen LogP contribution in [0.25, 0.3) is 0 Å². The molecule has 26 heavy (non-hydrogen) atoms. The van der Waals surface area contributed by atoms with Gasteiger partial charge in [-0.3, -0.25) is 14.6 Å². The Morgan fingerprint density at radius 3 is 2.96 bits per heavy atom. The van der Waals surface area contributed by atoms with E-state index in [2.05, 4.69) is 26.9 Å². The summed E-state index contributed by atoms with van der Waals surface area (Å²) in [7, 11) is 0. The average molecular weight is 430 g/mol. The SMILES string of the molecule is N#CC1=C2SCN(Cc3ccco3)CN2C(=O)C[C@@H]1c1cccc(Br)c1. The minimum absolute atomic E-state index is 0.0561. The smallest absolute Gasteiger partial charge is 0.229 e. The Balaban J connectivity index is 1.62. The molecule has 1 amide bonds. The van der Waals surface area contributed by atoms with E-state index in [0.29, 0.717) is 25.2 Å². The normalized spacial score (nSPS) is 20.8. The fraction of sp³-hybridized carbons (Fsp3) is 0.263. The first-order valence-electron chi connectivity index (χ1n) is 8.23. The monoisotopic (exact) mass is 429 g/mol. The van der Waals surface area contributed by atoms with E-state index in [9.17, 15) is 10.1 Å². The van der Waals surface area contributed by atoms with E-state index >= 15 is 0 Å². The van der Waals surface area contributed by atoms with Gasteiger partial charge in [-0.05, 0) is 29.8 Å². The number of benzene rings is 1. The lowest BCUT2D eigenvalue weighted by Crippen LogP contribution is -2.46. The minimum atomic E-state index is -0.180. The fourth-order valence-corrected chi connectivity index (χ4v) is 4.89. The second kappa shape index (κ2) is 7.31. The second-order valence-electron chi connectivity index (χ2n) is 6.29. The zero-order valence-electron chi connectivity index (χ0n) is 13.9. The van der Waals surface area contributed by atoms with Gasteiger partial charge in [0, 0.05) is 16.8 Å². The van der Waals surface area contributed by atoms with Crippen LogP contribution in [-0.2, 0) is 11.3 Å². The molecule has 1 aromatic heterocycles. The van der Waals surface area contributed by atoms with Gasteiger partial charge in [-0.1, -0.05) is 39.8 Å². The van der Waals surface area contributed by atoms with Crippen molar-refractivity contribution in [2.75, 3.05) is 12.5 Å². The van der Waals surface area contributed by atoms with Crippen LogP contribution in [0, 0.1) is 11.3 Å². The van der Waals surface area contributed by atoms with E-state index in [0.717, 1.165) is 26.7 Å². The van der Waals surface area contributed by atoms with Gasteiger partial charge in [0.15, 0.2) is 0 Å². The van der Waals surface area contributed by atoms with Gasteiger partial charge in [0.25, 0.3) is 0 Å². The molecule has 0 aliphatic carbocycles. The molecule has 1 atom stereocenters. The first-order valence-corrected chi connectivity index (χ1v) is 10.0. The molecular weight excluding hydrogens is 414 g/mol. The predicted octanol–water partition coefficient (Wildman–Crippen LogP) is 4.26. The highest BCUT2D eigenvalue weighted by Crippen LogP contribution is 2.42. The quantitative estimate of drug-likeness (QED) is 0.729. The average Bonchev–Trinajstić information content (AvgIpc) is 3.15. The van der Waals surface area contributed by atoms with E-state index in [1.807, 2.05) is 36.4 Å². The van der Waals surface area contributed by atoms with Crippen molar-refractivity contribution in [2.45, 2.75) is 18.9 Å². The van der Waals surface area contributed by atoms with Crippen LogP contribution < -0.4 is 0 Å². The maximum Gasteiger partial charge on any atom is 0.229 e. The van der Waals surface area contributed by atoms with Crippen molar-refractivity contribution in [2.24, 2.45) is 0 Å². The molecule has 0 saturated carbocycles.